The number of nitrogens with zero attached hydrogens (tertiary/aromatic N) is 1. The molecule has 0 aliphatic carbocycles. The molecule has 0 aliphatic rings. The van der Waals surface area contributed by atoms with Crippen LogP contribution in [-0.2, 0) is 0 Å². The van der Waals surface area contributed by atoms with Crippen molar-refractivity contribution < 1.29 is 9.53 Å². The molecule has 3 aromatic carbocycles. The number of carbonyl (C=O) groups excluding carboxylic acids is 1. The minimum absolute atomic E-state index is 0.179. The second-order valence-electron chi connectivity index (χ2n) is 6.57. The molecule has 1 N–H and O–H groups in total. The number of fused-ring (bicyclic) bond motifs is 1. The van der Waals surface area contributed by atoms with Crippen LogP contribution >= 0.6 is 0 Å². The lowest BCUT2D eigenvalue weighted by molar-refractivity contribution is 0.102. The maximum absolute atomic E-state index is 13.1. The highest BCUT2D eigenvalue weighted by Gasteiger charge is 2.15. The van der Waals surface area contributed by atoms with Crippen molar-refractivity contribution in [3.8, 4) is 17.0 Å². The second-order valence-corrected chi connectivity index (χ2v) is 6.57. The molecule has 0 atom stereocenters. The zero-order valence-electron chi connectivity index (χ0n) is 15.8. The van der Waals surface area contributed by atoms with Crippen molar-refractivity contribution in [2.45, 2.75) is 6.92 Å². The van der Waals surface area contributed by atoms with Gasteiger partial charge in [-0.15, -0.1) is 0 Å². The summed E-state index contributed by atoms with van der Waals surface area (Å²) in [6.45, 7) is 2.04. The average Bonchev–Trinajstić information content (AvgIpc) is 2.73. The van der Waals surface area contributed by atoms with Crippen LogP contribution in [0.4, 0.5) is 5.69 Å². The maximum atomic E-state index is 13.1. The van der Waals surface area contributed by atoms with E-state index in [2.05, 4.69) is 5.32 Å². The van der Waals surface area contributed by atoms with E-state index in [1.807, 2.05) is 79.7 Å². The number of amides is 1. The highest BCUT2D eigenvalue weighted by atomic mass is 16.5. The second kappa shape index (κ2) is 7.53. The minimum Gasteiger partial charge on any atom is -0.497 e. The molecule has 1 amide bonds. The minimum atomic E-state index is -0.179. The number of nitrogens with one attached hydrogen (secondary N) is 1. The molecule has 0 unspecified atom stereocenters. The highest BCUT2D eigenvalue weighted by molar-refractivity contribution is 6.13. The number of anilines is 1. The summed E-state index contributed by atoms with van der Waals surface area (Å²) in [5, 5.41) is 3.79. The van der Waals surface area contributed by atoms with Gasteiger partial charge in [0.25, 0.3) is 5.91 Å². The normalized spacial score (nSPS) is 10.6. The summed E-state index contributed by atoms with van der Waals surface area (Å²) >= 11 is 0. The summed E-state index contributed by atoms with van der Waals surface area (Å²) in [5.74, 6) is 0.514. The monoisotopic (exact) mass is 368 g/mol. The molecule has 28 heavy (non-hydrogen) atoms. The Hall–Kier alpha value is -3.66. The predicted molar refractivity (Wildman–Crippen MR) is 113 cm³/mol. The summed E-state index contributed by atoms with van der Waals surface area (Å²) in [4.78, 5) is 17.9. The quantitative estimate of drug-likeness (QED) is 0.519. The average molecular weight is 368 g/mol. The van der Waals surface area contributed by atoms with Crippen molar-refractivity contribution in [1.29, 1.82) is 0 Å². The molecule has 0 saturated carbocycles. The van der Waals surface area contributed by atoms with Gasteiger partial charge in [-0.2, -0.15) is 0 Å². The van der Waals surface area contributed by atoms with Crippen molar-refractivity contribution in [3.63, 3.8) is 0 Å². The van der Waals surface area contributed by atoms with Crippen molar-refractivity contribution in [3.05, 3.63) is 90.0 Å². The van der Waals surface area contributed by atoms with Crippen LogP contribution < -0.4 is 10.1 Å². The molecule has 4 heteroatoms. The number of methoxy groups -OCH3 is 1. The van der Waals surface area contributed by atoms with E-state index in [9.17, 15) is 4.79 Å². The van der Waals surface area contributed by atoms with E-state index in [1.165, 1.54) is 0 Å². The molecular weight excluding hydrogens is 348 g/mol. The predicted octanol–water partition coefficient (Wildman–Crippen LogP) is 5.47. The van der Waals surface area contributed by atoms with Crippen LogP contribution in [0.2, 0.25) is 0 Å². The van der Waals surface area contributed by atoms with Gasteiger partial charge in [-0.25, -0.2) is 4.98 Å². The van der Waals surface area contributed by atoms with Crippen LogP contribution in [0.3, 0.4) is 0 Å². The van der Waals surface area contributed by atoms with Crippen LogP contribution in [0.15, 0.2) is 78.9 Å². The molecule has 1 heterocycles. The number of rotatable bonds is 4. The Morgan fingerprint density at radius 2 is 1.71 bits per heavy atom. The van der Waals surface area contributed by atoms with Gasteiger partial charge in [0.15, 0.2) is 0 Å². The standard InChI is InChI=1S/C24H20N2O2/c1-16-8-3-4-11-19(16)23-15-21(20-12-5-6-13-22(20)26-23)24(27)25-17-9-7-10-18(14-17)28-2/h3-15H,1-2H3,(H,25,27). The number of carbonyl (C=O) groups is 1. The Labute approximate surface area is 163 Å². The molecule has 0 fully saturated rings. The highest BCUT2D eigenvalue weighted by Crippen LogP contribution is 2.28. The third kappa shape index (κ3) is 3.45. The first-order valence-electron chi connectivity index (χ1n) is 9.07. The number of pyridine rings is 1. The van der Waals surface area contributed by atoms with Crippen LogP contribution in [0, 0.1) is 6.92 Å². The van der Waals surface area contributed by atoms with E-state index >= 15 is 0 Å². The van der Waals surface area contributed by atoms with Crippen LogP contribution in [0.25, 0.3) is 22.2 Å². The van der Waals surface area contributed by atoms with Crippen molar-refractivity contribution >= 4 is 22.5 Å². The van der Waals surface area contributed by atoms with Crippen molar-refractivity contribution in [1.82, 2.24) is 4.98 Å². The molecule has 0 bridgehead atoms. The van der Waals surface area contributed by atoms with E-state index in [1.54, 1.807) is 13.2 Å². The Kier molecular flexibility index (Phi) is 4.77. The van der Waals surface area contributed by atoms with Gasteiger partial charge in [0.05, 0.1) is 23.9 Å². The molecule has 0 radical (unpaired) electrons. The zero-order valence-corrected chi connectivity index (χ0v) is 15.8. The van der Waals surface area contributed by atoms with E-state index in [0.29, 0.717) is 17.0 Å². The van der Waals surface area contributed by atoms with E-state index in [4.69, 9.17) is 9.72 Å². The number of hydrogen-bond acceptors (Lipinski definition) is 3. The summed E-state index contributed by atoms with van der Waals surface area (Å²) in [6, 6.07) is 24.9. The van der Waals surface area contributed by atoms with Gasteiger partial charge < -0.3 is 10.1 Å². The largest absolute Gasteiger partial charge is 0.497 e. The Morgan fingerprint density at radius 1 is 0.929 bits per heavy atom. The number of hydrogen-bond donors (Lipinski definition) is 1. The SMILES string of the molecule is COc1cccc(NC(=O)c2cc(-c3ccccc3C)nc3ccccc23)c1. The Bertz CT molecular complexity index is 1170. The first kappa shape index (κ1) is 17.7. The number of para-hydroxylation sites is 1. The van der Waals surface area contributed by atoms with Crippen molar-refractivity contribution in [2.75, 3.05) is 12.4 Å². The summed E-state index contributed by atoms with van der Waals surface area (Å²) in [5.41, 5.74) is 4.98. The molecule has 4 nitrogen and oxygen atoms in total. The van der Waals surface area contributed by atoms with E-state index < -0.39 is 0 Å². The smallest absolute Gasteiger partial charge is 0.256 e. The lowest BCUT2D eigenvalue weighted by Gasteiger charge is -2.12. The van der Waals surface area contributed by atoms with Crippen molar-refractivity contribution in [2.24, 2.45) is 0 Å². The van der Waals surface area contributed by atoms with Gasteiger partial charge in [0.1, 0.15) is 5.75 Å². The van der Waals surface area contributed by atoms with Gasteiger partial charge >= 0.3 is 0 Å². The topological polar surface area (TPSA) is 51.2 Å². The third-order valence-electron chi connectivity index (χ3n) is 4.71. The summed E-state index contributed by atoms with van der Waals surface area (Å²) in [6.07, 6.45) is 0. The fourth-order valence-electron chi connectivity index (χ4n) is 3.26. The molecule has 1 aromatic heterocycles. The number of benzene rings is 3. The maximum Gasteiger partial charge on any atom is 0.256 e. The fourth-order valence-corrected chi connectivity index (χ4v) is 3.26. The number of aryl methyl sites for hydroxylation is 1. The Morgan fingerprint density at radius 3 is 2.54 bits per heavy atom. The first-order chi connectivity index (χ1) is 13.7. The fraction of sp³-hybridized carbons (Fsp3) is 0.0833. The van der Waals surface area contributed by atoms with Gasteiger partial charge in [0, 0.05) is 22.7 Å². The molecule has 4 rings (SSSR count). The Balaban J connectivity index is 1.81. The van der Waals surface area contributed by atoms with E-state index in [-0.39, 0.29) is 5.91 Å². The third-order valence-corrected chi connectivity index (χ3v) is 4.71. The van der Waals surface area contributed by atoms with E-state index in [0.717, 1.165) is 27.7 Å². The molecule has 0 saturated heterocycles. The lowest BCUT2D eigenvalue weighted by Crippen LogP contribution is -2.13. The van der Waals surface area contributed by atoms with Crippen LogP contribution in [0.5, 0.6) is 5.75 Å². The molecule has 4 aromatic rings. The zero-order chi connectivity index (χ0) is 19.5. The number of ether oxygens (including phenoxy) is 1. The van der Waals surface area contributed by atoms with Crippen LogP contribution in [-0.4, -0.2) is 18.0 Å². The first-order valence-corrected chi connectivity index (χ1v) is 9.07. The lowest BCUT2D eigenvalue weighted by atomic mass is 10.0. The van der Waals surface area contributed by atoms with Gasteiger partial charge in [-0.1, -0.05) is 48.5 Å². The summed E-state index contributed by atoms with van der Waals surface area (Å²) < 4.78 is 5.24. The number of aromatic nitrogens is 1. The summed E-state index contributed by atoms with van der Waals surface area (Å²) in [7, 11) is 1.60. The molecular formula is C24H20N2O2. The molecule has 0 spiro atoms. The van der Waals surface area contributed by atoms with Gasteiger partial charge in [0.2, 0.25) is 0 Å². The van der Waals surface area contributed by atoms with Gasteiger partial charge in [-0.3, -0.25) is 4.79 Å². The van der Waals surface area contributed by atoms with Crippen LogP contribution in [0.1, 0.15) is 15.9 Å². The molecule has 138 valence electrons. The van der Waals surface area contributed by atoms with Gasteiger partial charge in [-0.05, 0) is 36.8 Å². The molecule has 0 aliphatic heterocycles.